The van der Waals surface area contributed by atoms with Gasteiger partial charge in [0.15, 0.2) is 0 Å². The number of piperazine rings is 1. The molecule has 2 aromatic rings. The fraction of sp³-hybridized carbons (Fsp3) is 0.526. The molecule has 0 radical (unpaired) electrons. The van der Waals surface area contributed by atoms with E-state index < -0.39 is 10.0 Å². The fourth-order valence-electron chi connectivity index (χ4n) is 3.88. The van der Waals surface area contributed by atoms with Crippen LogP contribution in [-0.4, -0.2) is 72.8 Å². The van der Waals surface area contributed by atoms with E-state index in [-0.39, 0.29) is 18.4 Å². The first-order chi connectivity index (χ1) is 13.9. The first-order valence-electron chi connectivity index (χ1n) is 9.82. The Bertz CT molecular complexity index is 955. The van der Waals surface area contributed by atoms with E-state index in [1.54, 1.807) is 24.5 Å². The van der Waals surface area contributed by atoms with Gasteiger partial charge in [-0.2, -0.15) is 4.31 Å². The van der Waals surface area contributed by atoms with Crippen molar-refractivity contribution in [2.24, 2.45) is 5.92 Å². The number of piperidine rings is 1. The minimum absolute atomic E-state index is 0.0564. The third-order valence-electron chi connectivity index (χ3n) is 5.47. The average Bonchev–Trinajstić information content (AvgIpc) is 3.21. The second kappa shape index (κ2) is 8.37. The predicted octanol–water partition coefficient (Wildman–Crippen LogP) is 1.60. The molecule has 1 amide bonds. The third kappa shape index (κ3) is 4.29. The molecule has 2 aromatic heterocycles. The number of sulfonamides is 1. The third-order valence-corrected chi connectivity index (χ3v) is 8.80. The lowest BCUT2D eigenvalue weighted by Gasteiger charge is -2.38. The second-order valence-corrected chi connectivity index (χ2v) is 10.9. The number of aromatic nitrogens is 2. The van der Waals surface area contributed by atoms with Crippen molar-refractivity contribution in [3.63, 3.8) is 0 Å². The van der Waals surface area contributed by atoms with Gasteiger partial charge in [0.05, 0.1) is 5.92 Å². The SMILES string of the molecule is Cc1ccc(S(=O)(=O)N2CCC[C@@H](C(=O)N3CCN(c4ncccn4)CC3)C2)s1. The number of hydrogen-bond donors (Lipinski definition) is 0. The molecule has 4 heterocycles. The van der Waals surface area contributed by atoms with Gasteiger partial charge in [-0.05, 0) is 38.0 Å². The molecule has 2 aliphatic heterocycles. The number of thiophene rings is 1. The molecule has 1 atom stereocenters. The van der Waals surface area contributed by atoms with Crippen molar-refractivity contribution in [1.82, 2.24) is 19.2 Å². The van der Waals surface area contributed by atoms with Crippen LogP contribution in [0.1, 0.15) is 17.7 Å². The Morgan fingerprint density at radius 1 is 1.10 bits per heavy atom. The quantitative estimate of drug-likeness (QED) is 0.725. The Morgan fingerprint density at radius 2 is 1.83 bits per heavy atom. The van der Waals surface area contributed by atoms with E-state index in [0.717, 1.165) is 11.3 Å². The van der Waals surface area contributed by atoms with E-state index in [0.29, 0.717) is 49.3 Å². The molecule has 0 saturated carbocycles. The lowest BCUT2D eigenvalue weighted by atomic mass is 9.98. The molecule has 4 rings (SSSR count). The molecule has 0 bridgehead atoms. The molecular weight excluding hydrogens is 410 g/mol. The van der Waals surface area contributed by atoms with Gasteiger partial charge in [0, 0.05) is 56.5 Å². The van der Waals surface area contributed by atoms with Gasteiger partial charge in [0.25, 0.3) is 10.0 Å². The molecular formula is C19H25N5O3S2. The molecule has 0 spiro atoms. The first kappa shape index (κ1) is 20.2. The van der Waals surface area contributed by atoms with Crippen LogP contribution in [-0.2, 0) is 14.8 Å². The fourth-order valence-corrected chi connectivity index (χ4v) is 6.84. The summed E-state index contributed by atoms with van der Waals surface area (Å²) in [6, 6.07) is 5.26. The van der Waals surface area contributed by atoms with E-state index in [9.17, 15) is 13.2 Å². The molecule has 0 aromatic carbocycles. The zero-order valence-corrected chi connectivity index (χ0v) is 18.0. The minimum atomic E-state index is -3.53. The maximum Gasteiger partial charge on any atom is 0.252 e. The number of rotatable bonds is 4. The van der Waals surface area contributed by atoms with Crippen LogP contribution in [0.2, 0.25) is 0 Å². The smallest absolute Gasteiger partial charge is 0.252 e. The lowest BCUT2D eigenvalue weighted by molar-refractivity contribution is -0.137. The van der Waals surface area contributed by atoms with Crippen LogP contribution < -0.4 is 4.90 Å². The Kier molecular flexibility index (Phi) is 5.84. The first-order valence-corrected chi connectivity index (χ1v) is 12.1. The normalized spacial score (nSPS) is 21.3. The highest BCUT2D eigenvalue weighted by atomic mass is 32.2. The number of nitrogens with zero attached hydrogens (tertiary/aromatic N) is 5. The van der Waals surface area contributed by atoms with Crippen LogP contribution in [0.25, 0.3) is 0 Å². The summed E-state index contributed by atoms with van der Waals surface area (Å²) < 4.78 is 27.7. The van der Waals surface area contributed by atoms with Gasteiger partial charge >= 0.3 is 0 Å². The lowest BCUT2D eigenvalue weighted by Crippen LogP contribution is -2.53. The van der Waals surface area contributed by atoms with Crippen LogP contribution in [0.15, 0.2) is 34.8 Å². The summed E-state index contributed by atoms with van der Waals surface area (Å²) in [6.07, 6.45) is 4.87. The van der Waals surface area contributed by atoms with Crippen molar-refractivity contribution in [1.29, 1.82) is 0 Å². The highest BCUT2D eigenvalue weighted by Crippen LogP contribution is 2.29. The molecule has 0 unspecified atom stereocenters. The van der Waals surface area contributed by atoms with Gasteiger partial charge in [-0.3, -0.25) is 4.79 Å². The number of amides is 1. The van der Waals surface area contributed by atoms with Crippen LogP contribution in [0, 0.1) is 12.8 Å². The van der Waals surface area contributed by atoms with E-state index in [1.807, 2.05) is 17.9 Å². The van der Waals surface area contributed by atoms with Gasteiger partial charge in [-0.25, -0.2) is 18.4 Å². The topological polar surface area (TPSA) is 86.7 Å². The van der Waals surface area contributed by atoms with Crippen molar-refractivity contribution in [2.75, 3.05) is 44.2 Å². The van der Waals surface area contributed by atoms with Gasteiger partial charge < -0.3 is 9.80 Å². The van der Waals surface area contributed by atoms with E-state index in [1.165, 1.54) is 15.6 Å². The summed E-state index contributed by atoms with van der Waals surface area (Å²) in [7, 11) is -3.53. The van der Waals surface area contributed by atoms with E-state index in [4.69, 9.17) is 0 Å². The average molecular weight is 436 g/mol. The standard InChI is InChI=1S/C19H25N5O3S2/c1-15-5-6-17(28-15)29(26,27)24-9-2-4-16(14-24)18(25)22-10-12-23(13-11-22)19-20-7-3-8-21-19/h3,5-8,16H,2,4,9-14H2,1H3/t16-/m1/s1. The van der Waals surface area contributed by atoms with Crippen molar-refractivity contribution in [3.8, 4) is 0 Å². The summed E-state index contributed by atoms with van der Waals surface area (Å²) in [5, 5.41) is 0. The Hall–Kier alpha value is -2.04. The van der Waals surface area contributed by atoms with Crippen molar-refractivity contribution in [3.05, 3.63) is 35.5 Å². The highest BCUT2D eigenvalue weighted by molar-refractivity contribution is 7.91. The number of carbonyl (C=O) groups is 1. The summed E-state index contributed by atoms with van der Waals surface area (Å²) in [5.41, 5.74) is 0. The van der Waals surface area contributed by atoms with Crippen molar-refractivity contribution < 1.29 is 13.2 Å². The van der Waals surface area contributed by atoms with Crippen molar-refractivity contribution >= 4 is 33.2 Å². The summed E-state index contributed by atoms with van der Waals surface area (Å²) in [4.78, 5) is 26.5. The molecule has 2 aliphatic rings. The Morgan fingerprint density at radius 3 is 2.48 bits per heavy atom. The van der Waals surface area contributed by atoms with E-state index >= 15 is 0 Å². The number of anilines is 1. The molecule has 10 heteroatoms. The zero-order chi connectivity index (χ0) is 20.4. The largest absolute Gasteiger partial charge is 0.339 e. The van der Waals surface area contributed by atoms with E-state index in [2.05, 4.69) is 14.9 Å². The maximum atomic E-state index is 13.1. The zero-order valence-electron chi connectivity index (χ0n) is 16.4. The van der Waals surface area contributed by atoms with Gasteiger partial charge in [-0.15, -0.1) is 11.3 Å². The molecule has 8 nitrogen and oxygen atoms in total. The summed E-state index contributed by atoms with van der Waals surface area (Å²) in [6.45, 7) is 5.20. The van der Waals surface area contributed by atoms with Crippen LogP contribution >= 0.6 is 11.3 Å². The number of hydrogen-bond acceptors (Lipinski definition) is 7. The molecule has 2 saturated heterocycles. The Balaban J connectivity index is 1.38. The van der Waals surface area contributed by atoms with Crippen LogP contribution in [0.5, 0.6) is 0 Å². The van der Waals surface area contributed by atoms with Crippen LogP contribution in [0.4, 0.5) is 5.95 Å². The molecule has 156 valence electrons. The van der Waals surface area contributed by atoms with Crippen molar-refractivity contribution in [2.45, 2.75) is 24.0 Å². The van der Waals surface area contributed by atoms with Crippen LogP contribution in [0.3, 0.4) is 0 Å². The molecule has 29 heavy (non-hydrogen) atoms. The van der Waals surface area contributed by atoms with Gasteiger partial charge in [0.1, 0.15) is 4.21 Å². The number of carbonyl (C=O) groups excluding carboxylic acids is 1. The maximum absolute atomic E-state index is 13.1. The minimum Gasteiger partial charge on any atom is -0.339 e. The second-order valence-electron chi connectivity index (χ2n) is 7.43. The predicted molar refractivity (Wildman–Crippen MR) is 111 cm³/mol. The Labute approximate surface area is 175 Å². The highest BCUT2D eigenvalue weighted by Gasteiger charge is 2.36. The van der Waals surface area contributed by atoms with Gasteiger partial charge in [0.2, 0.25) is 11.9 Å². The summed E-state index contributed by atoms with van der Waals surface area (Å²) >= 11 is 1.28. The van der Waals surface area contributed by atoms with Gasteiger partial charge in [-0.1, -0.05) is 0 Å². The number of aryl methyl sites for hydroxylation is 1. The molecule has 0 aliphatic carbocycles. The molecule has 0 N–H and O–H groups in total. The molecule has 2 fully saturated rings. The summed E-state index contributed by atoms with van der Waals surface area (Å²) in [5.74, 6) is 0.459. The monoisotopic (exact) mass is 435 g/mol.